The molecule has 2 aliphatic rings. The fourth-order valence-corrected chi connectivity index (χ4v) is 4.82. The van der Waals surface area contributed by atoms with Gasteiger partial charge in [0, 0.05) is 23.1 Å². The molecule has 0 atom stereocenters. The molecule has 4 rings (SSSR count). The molecule has 29 heavy (non-hydrogen) atoms. The summed E-state index contributed by atoms with van der Waals surface area (Å²) >= 11 is 2.54. The summed E-state index contributed by atoms with van der Waals surface area (Å²) in [5.74, 6) is 0.457. The number of carbonyl (C=O) groups is 1. The van der Waals surface area contributed by atoms with Crippen LogP contribution in [0.3, 0.4) is 0 Å². The van der Waals surface area contributed by atoms with Gasteiger partial charge in [-0.15, -0.1) is 0 Å². The molecule has 1 N–H and O–H groups in total. The van der Waals surface area contributed by atoms with Crippen molar-refractivity contribution in [1.29, 1.82) is 5.41 Å². The van der Waals surface area contributed by atoms with Crippen LogP contribution in [-0.4, -0.2) is 44.9 Å². The highest BCUT2D eigenvalue weighted by molar-refractivity contribution is 8.18. The summed E-state index contributed by atoms with van der Waals surface area (Å²) in [5.41, 5.74) is 4.08. The number of nitrogens with one attached hydrogen (secondary N) is 1. The van der Waals surface area contributed by atoms with Crippen LogP contribution in [0.15, 0.2) is 45.3 Å². The van der Waals surface area contributed by atoms with Crippen molar-refractivity contribution in [3.63, 3.8) is 0 Å². The summed E-state index contributed by atoms with van der Waals surface area (Å²) in [6.45, 7) is 4.00. The number of hydrogen-bond donors (Lipinski definition) is 1. The maximum absolute atomic E-state index is 12.6. The molecule has 0 fully saturated rings. The molecule has 3 heterocycles. The minimum Gasteiger partial charge on any atom is -0.497 e. The third-order valence-corrected chi connectivity index (χ3v) is 6.21. The summed E-state index contributed by atoms with van der Waals surface area (Å²) < 4.78 is 11.7. The van der Waals surface area contributed by atoms with Crippen LogP contribution in [-0.2, 0) is 4.79 Å². The molecule has 0 bridgehead atoms. The lowest BCUT2D eigenvalue weighted by Gasteiger charge is -2.23. The van der Waals surface area contributed by atoms with Gasteiger partial charge in [0.15, 0.2) is 5.17 Å². The molecule has 0 spiro atoms. The number of amidine groups is 3. The standard InChI is InChI=1S/C20H19N5O2S2/c1-11-8-13(12(2)24(11)14-6-5-7-15(10-14)27-3)9-16-17(21)25-19(22-18(16)26)29-23-20(25)28-4/h5-10,21H,1-4H3/b16-9-,21-17?. The van der Waals surface area contributed by atoms with Gasteiger partial charge >= 0.3 is 0 Å². The highest BCUT2D eigenvalue weighted by Crippen LogP contribution is 2.32. The molecule has 1 aromatic heterocycles. The number of carbonyl (C=O) groups excluding carboxylic acids is 1. The van der Waals surface area contributed by atoms with Gasteiger partial charge in [-0.2, -0.15) is 9.39 Å². The summed E-state index contributed by atoms with van der Waals surface area (Å²) in [6.07, 6.45) is 3.63. The van der Waals surface area contributed by atoms with E-state index in [1.165, 1.54) is 11.8 Å². The number of aryl methyl sites for hydroxylation is 1. The van der Waals surface area contributed by atoms with E-state index in [-0.39, 0.29) is 11.4 Å². The summed E-state index contributed by atoms with van der Waals surface area (Å²) in [6, 6.07) is 9.81. The molecule has 0 saturated carbocycles. The highest BCUT2D eigenvalue weighted by Gasteiger charge is 2.37. The lowest BCUT2D eigenvalue weighted by molar-refractivity contribution is -0.114. The maximum Gasteiger partial charge on any atom is 0.283 e. The second-order valence-electron chi connectivity index (χ2n) is 6.47. The molecule has 2 aromatic rings. The predicted molar refractivity (Wildman–Crippen MR) is 120 cm³/mol. The molecule has 1 aromatic carbocycles. The number of nitrogens with zero attached hydrogens (tertiary/aromatic N) is 4. The lowest BCUT2D eigenvalue weighted by Crippen LogP contribution is -2.41. The van der Waals surface area contributed by atoms with Crippen LogP contribution in [0.25, 0.3) is 11.8 Å². The molecular weight excluding hydrogens is 406 g/mol. The topological polar surface area (TPSA) is 83.0 Å². The molecular formula is C20H19N5O2S2. The third-order valence-electron chi connectivity index (χ3n) is 4.76. The minimum atomic E-state index is -0.419. The van der Waals surface area contributed by atoms with Crippen molar-refractivity contribution in [2.24, 2.45) is 9.39 Å². The summed E-state index contributed by atoms with van der Waals surface area (Å²) in [5, 5.41) is 9.65. The number of amides is 1. The van der Waals surface area contributed by atoms with Crippen LogP contribution in [0.2, 0.25) is 0 Å². The van der Waals surface area contributed by atoms with Gasteiger partial charge in [-0.25, -0.2) is 4.90 Å². The Morgan fingerprint density at radius 2 is 2.07 bits per heavy atom. The normalized spacial score (nSPS) is 17.5. The molecule has 1 amide bonds. The van der Waals surface area contributed by atoms with Crippen molar-refractivity contribution in [2.45, 2.75) is 13.8 Å². The van der Waals surface area contributed by atoms with E-state index < -0.39 is 5.91 Å². The number of hydrogen-bond acceptors (Lipinski definition) is 6. The van der Waals surface area contributed by atoms with Crippen molar-refractivity contribution < 1.29 is 9.53 Å². The number of fused-ring (bicyclic) bond motifs is 1. The first-order valence-electron chi connectivity index (χ1n) is 8.80. The average molecular weight is 426 g/mol. The predicted octanol–water partition coefficient (Wildman–Crippen LogP) is 4.04. The Morgan fingerprint density at radius 1 is 1.28 bits per heavy atom. The largest absolute Gasteiger partial charge is 0.497 e. The maximum atomic E-state index is 12.6. The van der Waals surface area contributed by atoms with E-state index in [0.29, 0.717) is 10.3 Å². The average Bonchev–Trinajstić information content (AvgIpc) is 3.25. The molecule has 0 radical (unpaired) electrons. The number of aliphatic imine (C=N–C) groups is 1. The van der Waals surface area contributed by atoms with Crippen molar-refractivity contribution in [2.75, 3.05) is 13.4 Å². The van der Waals surface area contributed by atoms with E-state index in [0.717, 1.165) is 40.3 Å². The van der Waals surface area contributed by atoms with E-state index >= 15 is 0 Å². The van der Waals surface area contributed by atoms with Gasteiger partial charge in [-0.05, 0) is 49.9 Å². The van der Waals surface area contributed by atoms with Gasteiger partial charge in [0.2, 0.25) is 5.17 Å². The molecule has 0 saturated heterocycles. The van der Waals surface area contributed by atoms with Crippen molar-refractivity contribution in [1.82, 2.24) is 9.47 Å². The number of aromatic nitrogens is 1. The quantitative estimate of drug-likeness (QED) is 0.593. The summed E-state index contributed by atoms with van der Waals surface area (Å²) in [7, 11) is 1.64. The molecule has 0 aliphatic carbocycles. The second-order valence-corrected chi connectivity index (χ2v) is 7.98. The van der Waals surface area contributed by atoms with Crippen molar-refractivity contribution >= 4 is 51.9 Å². The van der Waals surface area contributed by atoms with E-state index in [9.17, 15) is 4.79 Å². The van der Waals surface area contributed by atoms with E-state index in [1.807, 2.05) is 50.4 Å². The first-order valence-corrected chi connectivity index (χ1v) is 10.8. The van der Waals surface area contributed by atoms with Gasteiger partial charge < -0.3 is 9.30 Å². The molecule has 148 valence electrons. The number of methoxy groups -OCH3 is 1. The Kier molecular flexibility index (Phi) is 5.10. The number of rotatable bonds is 3. The Labute approximate surface area is 177 Å². The van der Waals surface area contributed by atoms with Crippen LogP contribution in [0, 0.1) is 19.3 Å². The van der Waals surface area contributed by atoms with Gasteiger partial charge in [-0.3, -0.25) is 10.2 Å². The first kappa shape index (κ1) is 19.5. The van der Waals surface area contributed by atoms with Gasteiger partial charge in [0.25, 0.3) is 5.91 Å². The van der Waals surface area contributed by atoms with Gasteiger partial charge in [0.05, 0.1) is 24.6 Å². The van der Waals surface area contributed by atoms with Crippen molar-refractivity contribution in [3.05, 3.63) is 52.9 Å². The van der Waals surface area contributed by atoms with Crippen LogP contribution in [0.5, 0.6) is 5.75 Å². The molecule has 9 heteroatoms. The minimum absolute atomic E-state index is 0.101. The van der Waals surface area contributed by atoms with Crippen LogP contribution in [0.1, 0.15) is 17.0 Å². The Morgan fingerprint density at radius 3 is 2.79 bits per heavy atom. The van der Waals surface area contributed by atoms with Crippen molar-refractivity contribution in [3.8, 4) is 11.4 Å². The molecule has 0 unspecified atom stereocenters. The lowest BCUT2D eigenvalue weighted by atomic mass is 10.1. The smallest absolute Gasteiger partial charge is 0.283 e. The Bertz CT molecular complexity index is 1130. The zero-order chi connectivity index (χ0) is 20.7. The third kappa shape index (κ3) is 3.30. The fourth-order valence-electron chi connectivity index (χ4n) is 3.37. The monoisotopic (exact) mass is 425 g/mol. The first-order chi connectivity index (χ1) is 13.9. The summed E-state index contributed by atoms with van der Waals surface area (Å²) in [4.78, 5) is 18.3. The number of benzene rings is 1. The van der Waals surface area contributed by atoms with E-state index in [2.05, 4.69) is 14.0 Å². The Balaban J connectivity index is 1.77. The SMILES string of the molecule is COc1cccc(-n2c(C)cc(/C=C3/C(=N)N4C(SC)=NSC4=NC3=O)c2C)c1. The number of thioether (sulfide) groups is 1. The van der Waals surface area contributed by atoms with Gasteiger partial charge in [0.1, 0.15) is 11.6 Å². The van der Waals surface area contributed by atoms with Gasteiger partial charge in [-0.1, -0.05) is 17.8 Å². The Hall–Kier alpha value is -2.78. The van der Waals surface area contributed by atoms with Crippen LogP contribution >= 0.6 is 23.7 Å². The second kappa shape index (κ2) is 7.57. The zero-order valence-corrected chi connectivity index (χ0v) is 18.0. The zero-order valence-electron chi connectivity index (χ0n) is 16.4. The molecule has 2 aliphatic heterocycles. The highest BCUT2D eigenvalue weighted by atomic mass is 32.2. The number of ether oxygens (including phenoxy) is 1. The van der Waals surface area contributed by atoms with E-state index in [4.69, 9.17) is 10.1 Å². The van der Waals surface area contributed by atoms with Crippen LogP contribution in [0.4, 0.5) is 0 Å². The van der Waals surface area contributed by atoms with Crippen LogP contribution < -0.4 is 4.74 Å². The van der Waals surface area contributed by atoms with E-state index in [1.54, 1.807) is 18.1 Å². The fraction of sp³-hybridized carbons (Fsp3) is 0.200. The molecule has 7 nitrogen and oxygen atoms in total.